The van der Waals surface area contributed by atoms with E-state index in [1.807, 2.05) is 0 Å². The Bertz CT molecular complexity index is 952. The van der Waals surface area contributed by atoms with Crippen molar-refractivity contribution in [3.63, 3.8) is 0 Å². The minimum absolute atomic E-state index is 0.0614. The number of aromatic nitrogens is 4. The fourth-order valence-electron chi connectivity index (χ4n) is 3.64. The molecule has 1 saturated heterocycles. The van der Waals surface area contributed by atoms with Crippen LogP contribution in [0.25, 0.3) is 11.6 Å². The summed E-state index contributed by atoms with van der Waals surface area (Å²) in [4.78, 5) is 1.79. The number of hydrogen-bond donors (Lipinski definition) is 1. The van der Waals surface area contributed by atoms with Gasteiger partial charge in [0, 0.05) is 13.1 Å². The summed E-state index contributed by atoms with van der Waals surface area (Å²) in [5.74, 6) is 0.665. The average Bonchev–Trinajstić information content (AvgIpc) is 3.23. The van der Waals surface area contributed by atoms with Gasteiger partial charge in [0.1, 0.15) is 12.3 Å². The third-order valence-corrected chi connectivity index (χ3v) is 5.28. The Balaban J connectivity index is 1.51. The number of halogens is 3. The smallest absolute Gasteiger partial charge is 0.398 e. The number of piperidine rings is 1. The monoisotopic (exact) mass is 405 g/mol. The maximum Gasteiger partial charge on any atom is 0.398 e. The maximum absolute atomic E-state index is 14.0. The van der Waals surface area contributed by atoms with Crippen LogP contribution in [0.4, 0.5) is 19.0 Å². The van der Waals surface area contributed by atoms with E-state index in [-0.39, 0.29) is 44.3 Å². The number of rotatable bonds is 4. The van der Waals surface area contributed by atoms with Crippen LogP contribution >= 0.6 is 0 Å². The van der Waals surface area contributed by atoms with Crippen LogP contribution in [-0.4, -0.2) is 44.8 Å². The average molecular weight is 405 g/mol. The summed E-state index contributed by atoms with van der Waals surface area (Å²) in [6, 6.07) is 11.4. The van der Waals surface area contributed by atoms with E-state index < -0.39 is 11.6 Å². The van der Waals surface area contributed by atoms with Gasteiger partial charge in [0.15, 0.2) is 5.82 Å². The van der Waals surface area contributed by atoms with Gasteiger partial charge in [0.25, 0.3) is 5.89 Å². The molecule has 3 aromatic rings. The Hall–Kier alpha value is -3.01. The Morgan fingerprint density at radius 2 is 1.69 bits per heavy atom. The molecular weight excluding hydrogens is 387 g/mol. The fourth-order valence-corrected chi connectivity index (χ4v) is 3.64. The van der Waals surface area contributed by atoms with Crippen LogP contribution in [0.1, 0.15) is 24.3 Å². The van der Waals surface area contributed by atoms with E-state index in [4.69, 9.17) is 9.52 Å². The van der Waals surface area contributed by atoms with E-state index in [0.717, 1.165) is 0 Å². The lowest BCUT2D eigenvalue weighted by Gasteiger charge is -2.43. The summed E-state index contributed by atoms with van der Waals surface area (Å²) >= 11 is 0. The van der Waals surface area contributed by atoms with Crippen molar-refractivity contribution < 1.29 is 22.7 Å². The van der Waals surface area contributed by atoms with Crippen molar-refractivity contribution in [1.29, 1.82) is 0 Å². The zero-order valence-electron chi connectivity index (χ0n) is 15.3. The first-order chi connectivity index (χ1) is 13.9. The first-order valence-corrected chi connectivity index (χ1v) is 9.07. The molecule has 0 bridgehead atoms. The van der Waals surface area contributed by atoms with Crippen molar-refractivity contribution >= 4 is 5.82 Å². The molecule has 152 valence electrons. The van der Waals surface area contributed by atoms with Gasteiger partial charge in [-0.2, -0.15) is 13.2 Å². The standard InChI is InChI=1S/C19H18F3N5O2/c20-19(21,22)18(13-4-2-1-3-5-13)8-10-27(11-9-18)15-7-6-14(23-24-15)17-26-25-16(12-28)29-17/h1-7,28H,8-12H2. The van der Waals surface area contributed by atoms with Gasteiger partial charge in [-0.05, 0) is 30.5 Å². The molecule has 0 unspecified atom stereocenters. The van der Waals surface area contributed by atoms with Crippen LogP contribution in [0.15, 0.2) is 46.9 Å². The van der Waals surface area contributed by atoms with Gasteiger partial charge < -0.3 is 14.4 Å². The highest BCUT2D eigenvalue weighted by atomic mass is 19.4. The van der Waals surface area contributed by atoms with Gasteiger partial charge in [-0.1, -0.05) is 30.3 Å². The van der Waals surface area contributed by atoms with Crippen LogP contribution in [-0.2, 0) is 12.0 Å². The number of hydrogen-bond acceptors (Lipinski definition) is 7. The van der Waals surface area contributed by atoms with Gasteiger partial charge in [-0.25, -0.2) is 0 Å². The highest BCUT2D eigenvalue weighted by Crippen LogP contribution is 2.48. The van der Waals surface area contributed by atoms with Crippen molar-refractivity contribution in [1.82, 2.24) is 20.4 Å². The largest absolute Gasteiger partial charge is 0.417 e. The molecule has 1 aliphatic rings. The van der Waals surface area contributed by atoms with Crippen LogP contribution in [0.2, 0.25) is 0 Å². The van der Waals surface area contributed by atoms with E-state index in [0.29, 0.717) is 17.1 Å². The molecule has 4 rings (SSSR count). The number of nitrogens with zero attached hydrogens (tertiary/aromatic N) is 5. The molecule has 1 aliphatic heterocycles. The molecule has 1 aromatic carbocycles. The summed E-state index contributed by atoms with van der Waals surface area (Å²) in [5, 5.41) is 24.5. The molecule has 10 heteroatoms. The third kappa shape index (κ3) is 3.55. The normalized spacial score (nSPS) is 16.8. The molecule has 0 radical (unpaired) electrons. The molecule has 1 N–H and O–H groups in total. The second kappa shape index (κ2) is 7.43. The highest BCUT2D eigenvalue weighted by Gasteiger charge is 2.56. The lowest BCUT2D eigenvalue weighted by molar-refractivity contribution is -0.196. The summed E-state index contributed by atoms with van der Waals surface area (Å²) in [6.07, 6.45) is -4.46. The fraction of sp³-hybridized carbons (Fsp3) is 0.368. The van der Waals surface area contributed by atoms with Gasteiger partial charge in [0.2, 0.25) is 5.89 Å². The predicted octanol–water partition coefficient (Wildman–Crippen LogP) is 3.12. The van der Waals surface area contributed by atoms with Gasteiger partial charge in [0.05, 0.1) is 5.41 Å². The number of benzene rings is 1. The highest BCUT2D eigenvalue weighted by molar-refractivity contribution is 5.49. The molecule has 7 nitrogen and oxygen atoms in total. The van der Waals surface area contributed by atoms with Crippen molar-refractivity contribution in [2.24, 2.45) is 0 Å². The molecule has 1 fully saturated rings. The second-order valence-electron chi connectivity index (χ2n) is 6.87. The number of alkyl halides is 3. The molecule has 0 spiro atoms. The maximum atomic E-state index is 14.0. The lowest BCUT2D eigenvalue weighted by Crippen LogP contribution is -2.51. The molecule has 2 aromatic heterocycles. The second-order valence-corrected chi connectivity index (χ2v) is 6.87. The van der Waals surface area contributed by atoms with E-state index in [2.05, 4.69) is 20.4 Å². The number of anilines is 1. The van der Waals surface area contributed by atoms with Crippen LogP contribution in [0.5, 0.6) is 0 Å². The molecule has 0 atom stereocenters. The predicted molar refractivity (Wildman–Crippen MR) is 96.9 cm³/mol. The van der Waals surface area contributed by atoms with Crippen molar-refractivity contribution in [2.75, 3.05) is 18.0 Å². The zero-order valence-corrected chi connectivity index (χ0v) is 15.3. The van der Waals surface area contributed by atoms with Crippen molar-refractivity contribution in [2.45, 2.75) is 31.0 Å². The van der Waals surface area contributed by atoms with Gasteiger partial charge in [-0.3, -0.25) is 0 Å². The number of aliphatic hydroxyl groups is 1. The minimum Gasteiger partial charge on any atom is -0.417 e. The summed E-state index contributed by atoms with van der Waals surface area (Å²) in [6.45, 7) is 0.0317. The van der Waals surface area contributed by atoms with E-state index in [9.17, 15) is 13.2 Å². The molecule has 0 aliphatic carbocycles. The van der Waals surface area contributed by atoms with Crippen molar-refractivity contribution in [3.05, 3.63) is 53.9 Å². The lowest BCUT2D eigenvalue weighted by atomic mass is 9.72. The Kier molecular flexibility index (Phi) is 4.95. The van der Waals surface area contributed by atoms with Gasteiger partial charge >= 0.3 is 6.18 Å². The minimum atomic E-state index is -4.33. The Morgan fingerprint density at radius 1 is 0.966 bits per heavy atom. The Morgan fingerprint density at radius 3 is 2.24 bits per heavy atom. The van der Waals surface area contributed by atoms with E-state index >= 15 is 0 Å². The zero-order chi connectivity index (χ0) is 20.5. The first-order valence-electron chi connectivity index (χ1n) is 9.07. The molecule has 0 amide bonds. The molecule has 3 heterocycles. The summed E-state index contributed by atoms with van der Waals surface area (Å²) < 4.78 is 47.2. The SMILES string of the molecule is OCc1nnc(-c2ccc(N3CCC(c4ccccc4)(C(F)(F)F)CC3)nn2)o1. The van der Waals surface area contributed by atoms with Gasteiger partial charge in [-0.15, -0.1) is 20.4 Å². The molecular formula is C19H18F3N5O2. The molecule has 0 saturated carbocycles. The van der Waals surface area contributed by atoms with Crippen LogP contribution in [0, 0.1) is 0 Å². The Labute approximate surface area is 164 Å². The summed E-state index contributed by atoms with van der Waals surface area (Å²) in [7, 11) is 0. The topological polar surface area (TPSA) is 88.2 Å². The summed E-state index contributed by atoms with van der Waals surface area (Å²) in [5.41, 5.74) is -1.24. The van der Waals surface area contributed by atoms with Crippen LogP contribution < -0.4 is 4.90 Å². The number of aliphatic hydroxyl groups excluding tert-OH is 1. The van der Waals surface area contributed by atoms with Crippen molar-refractivity contribution in [3.8, 4) is 11.6 Å². The van der Waals surface area contributed by atoms with E-state index in [1.54, 1.807) is 47.4 Å². The van der Waals surface area contributed by atoms with Crippen LogP contribution in [0.3, 0.4) is 0 Å². The van der Waals surface area contributed by atoms with E-state index in [1.165, 1.54) is 0 Å². The molecule has 29 heavy (non-hydrogen) atoms. The third-order valence-electron chi connectivity index (χ3n) is 5.28. The quantitative estimate of drug-likeness (QED) is 0.713. The first kappa shape index (κ1) is 19.3.